The first-order valence-corrected chi connectivity index (χ1v) is 9.50. The van der Waals surface area contributed by atoms with Gasteiger partial charge in [-0.05, 0) is 43.2 Å². The van der Waals surface area contributed by atoms with E-state index >= 15 is 0 Å². The Kier molecular flexibility index (Phi) is 6.52. The van der Waals surface area contributed by atoms with Gasteiger partial charge < -0.3 is 19.5 Å². The molecule has 0 bridgehead atoms. The standard InChI is InChI=1S/C22H23N3O4.ClH/c1-4-29-18-8-6-5-7-16(18)23-21-13-17-15-12-20(28-3)19(27-2)11-14(15)9-10-25(17)22(26)24-21;/h5-8,11-13H,4,9-10H2,1-3H3,(H,23,24,26);1H. The smallest absolute Gasteiger partial charge is 0.350 e. The molecule has 30 heavy (non-hydrogen) atoms. The van der Waals surface area contributed by atoms with Gasteiger partial charge >= 0.3 is 5.69 Å². The van der Waals surface area contributed by atoms with E-state index in [4.69, 9.17) is 14.2 Å². The average molecular weight is 430 g/mol. The molecule has 0 radical (unpaired) electrons. The van der Waals surface area contributed by atoms with Crippen molar-refractivity contribution in [2.24, 2.45) is 0 Å². The zero-order valence-corrected chi connectivity index (χ0v) is 17.9. The number of aryl methyl sites for hydroxylation is 1. The fourth-order valence-corrected chi connectivity index (χ4v) is 3.60. The lowest BCUT2D eigenvalue weighted by molar-refractivity contribution is 0.342. The SMILES string of the molecule is CCOc1ccccc1Nc1cc2n(c(=O)n1)CCc1cc(OC)c(OC)cc1-2.Cl. The van der Waals surface area contributed by atoms with Gasteiger partial charge in [0, 0.05) is 18.2 Å². The Balaban J connectivity index is 0.00000256. The lowest BCUT2D eigenvalue weighted by Gasteiger charge is -2.23. The molecule has 0 saturated carbocycles. The Morgan fingerprint density at radius 3 is 2.53 bits per heavy atom. The Morgan fingerprint density at radius 1 is 1.07 bits per heavy atom. The van der Waals surface area contributed by atoms with Crippen molar-refractivity contribution in [3.8, 4) is 28.5 Å². The third-order valence-electron chi connectivity index (χ3n) is 4.95. The molecule has 158 valence electrons. The number of hydrogen-bond donors (Lipinski definition) is 1. The fourth-order valence-electron chi connectivity index (χ4n) is 3.60. The number of aromatic nitrogens is 2. The second-order valence-electron chi connectivity index (χ2n) is 6.63. The second kappa shape index (κ2) is 9.09. The fraction of sp³-hybridized carbons (Fsp3) is 0.273. The molecule has 7 nitrogen and oxygen atoms in total. The second-order valence-corrected chi connectivity index (χ2v) is 6.63. The van der Waals surface area contributed by atoms with Gasteiger partial charge in [0.1, 0.15) is 11.6 Å². The van der Waals surface area contributed by atoms with E-state index < -0.39 is 0 Å². The summed E-state index contributed by atoms with van der Waals surface area (Å²) in [5, 5.41) is 3.22. The van der Waals surface area contributed by atoms with Gasteiger partial charge in [0.05, 0.1) is 32.2 Å². The molecule has 0 atom stereocenters. The maximum absolute atomic E-state index is 12.7. The van der Waals surface area contributed by atoms with Crippen molar-refractivity contribution in [3.05, 3.63) is 58.5 Å². The highest BCUT2D eigenvalue weighted by Crippen LogP contribution is 2.38. The Labute approximate surface area is 181 Å². The predicted molar refractivity (Wildman–Crippen MR) is 119 cm³/mol. The molecule has 4 rings (SSSR count). The van der Waals surface area contributed by atoms with Gasteiger partial charge in [0.25, 0.3) is 0 Å². The lowest BCUT2D eigenvalue weighted by Crippen LogP contribution is -2.28. The Hall–Kier alpha value is -3.19. The third-order valence-corrected chi connectivity index (χ3v) is 4.95. The van der Waals surface area contributed by atoms with Crippen molar-refractivity contribution in [1.29, 1.82) is 0 Å². The topological polar surface area (TPSA) is 74.6 Å². The molecular weight excluding hydrogens is 406 g/mol. The highest BCUT2D eigenvalue weighted by atomic mass is 35.5. The van der Waals surface area contributed by atoms with Crippen molar-refractivity contribution in [3.63, 3.8) is 0 Å². The molecule has 2 aromatic carbocycles. The molecule has 3 aromatic rings. The predicted octanol–water partition coefficient (Wildman–Crippen LogP) is 4.05. The number of hydrogen-bond acceptors (Lipinski definition) is 6. The summed E-state index contributed by atoms with van der Waals surface area (Å²) in [4.78, 5) is 16.9. The molecule has 0 unspecified atom stereocenters. The van der Waals surface area contributed by atoms with Crippen LogP contribution in [0.1, 0.15) is 12.5 Å². The number of anilines is 2. The molecule has 0 fully saturated rings. The minimum Gasteiger partial charge on any atom is -0.493 e. The zero-order chi connectivity index (χ0) is 20.4. The molecule has 0 spiro atoms. The quantitative estimate of drug-likeness (QED) is 0.637. The summed E-state index contributed by atoms with van der Waals surface area (Å²) in [6, 6.07) is 13.4. The molecule has 0 amide bonds. The van der Waals surface area contributed by atoms with Crippen LogP contribution in [0.5, 0.6) is 17.2 Å². The van der Waals surface area contributed by atoms with Crippen molar-refractivity contribution in [2.75, 3.05) is 26.1 Å². The van der Waals surface area contributed by atoms with E-state index in [1.807, 2.05) is 49.4 Å². The summed E-state index contributed by atoms with van der Waals surface area (Å²) in [7, 11) is 3.22. The molecule has 0 saturated heterocycles. The summed E-state index contributed by atoms with van der Waals surface area (Å²) in [6.45, 7) is 3.05. The van der Waals surface area contributed by atoms with Gasteiger partial charge in [-0.3, -0.25) is 4.57 Å². The third kappa shape index (κ3) is 3.93. The van der Waals surface area contributed by atoms with Crippen LogP contribution in [0, 0.1) is 0 Å². The van der Waals surface area contributed by atoms with Crippen molar-refractivity contribution < 1.29 is 14.2 Å². The highest BCUT2D eigenvalue weighted by molar-refractivity contribution is 5.85. The van der Waals surface area contributed by atoms with Crippen molar-refractivity contribution in [1.82, 2.24) is 9.55 Å². The summed E-state index contributed by atoms with van der Waals surface area (Å²) < 4.78 is 18.2. The maximum atomic E-state index is 12.7. The van der Waals surface area contributed by atoms with Gasteiger partial charge in [0.15, 0.2) is 11.5 Å². The number of nitrogens with one attached hydrogen (secondary N) is 1. The average Bonchev–Trinajstić information content (AvgIpc) is 2.74. The number of benzene rings is 2. The van der Waals surface area contributed by atoms with Crippen molar-refractivity contribution >= 4 is 23.9 Å². The van der Waals surface area contributed by atoms with E-state index in [1.54, 1.807) is 18.8 Å². The number of nitrogens with zero attached hydrogens (tertiary/aromatic N) is 2. The number of fused-ring (bicyclic) bond motifs is 3. The number of rotatable bonds is 6. The van der Waals surface area contributed by atoms with E-state index in [1.165, 1.54) is 0 Å². The van der Waals surface area contributed by atoms with Crippen LogP contribution in [0.4, 0.5) is 11.5 Å². The van der Waals surface area contributed by atoms with Crippen LogP contribution in [-0.4, -0.2) is 30.4 Å². The molecule has 1 aliphatic heterocycles. The van der Waals surface area contributed by atoms with Crippen LogP contribution >= 0.6 is 12.4 Å². The molecule has 8 heteroatoms. The van der Waals surface area contributed by atoms with Gasteiger partial charge in [-0.2, -0.15) is 4.98 Å². The van der Waals surface area contributed by atoms with Gasteiger partial charge in [-0.15, -0.1) is 12.4 Å². The van der Waals surface area contributed by atoms with E-state index in [2.05, 4.69) is 10.3 Å². The molecule has 0 aliphatic carbocycles. The normalized spacial score (nSPS) is 11.6. The molecule has 1 aromatic heterocycles. The van der Waals surface area contributed by atoms with E-state index in [0.717, 1.165) is 28.9 Å². The number of para-hydroxylation sites is 2. The van der Waals surface area contributed by atoms with Gasteiger partial charge in [0.2, 0.25) is 0 Å². The minimum absolute atomic E-state index is 0. The highest BCUT2D eigenvalue weighted by Gasteiger charge is 2.22. The van der Waals surface area contributed by atoms with Crippen LogP contribution in [0.15, 0.2) is 47.3 Å². The number of halogens is 1. The molecular formula is C22H24ClN3O4. The van der Waals surface area contributed by atoms with Crippen molar-refractivity contribution in [2.45, 2.75) is 19.9 Å². The Morgan fingerprint density at radius 2 is 1.80 bits per heavy atom. The Bertz CT molecular complexity index is 1110. The summed E-state index contributed by atoms with van der Waals surface area (Å²) in [5.74, 6) is 2.48. The zero-order valence-electron chi connectivity index (χ0n) is 17.1. The van der Waals surface area contributed by atoms with Crippen LogP contribution in [0.2, 0.25) is 0 Å². The van der Waals surface area contributed by atoms with E-state index in [0.29, 0.717) is 36.2 Å². The number of ether oxygens (including phenoxy) is 3. The first-order valence-electron chi connectivity index (χ1n) is 9.50. The van der Waals surface area contributed by atoms with Crippen LogP contribution in [-0.2, 0) is 13.0 Å². The van der Waals surface area contributed by atoms with Gasteiger partial charge in [-0.25, -0.2) is 4.79 Å². The van der Waals surface area contributed by atoms with Crippen LogP contribution in [0.25, 0.3) is 11.3 Å². The minimum atomic E-state index is -0.292. The van der Waals surface area contributed by atoms with Gasteiger partial charge in [-0.1, -0.05) is 12.1 Å². The number of methoxy groups -OCH3 is 2. The first-order chi connectivity index (χ1) is 14.1. The first kappa shape index (κ1) is 21.5. The van der Waals surface area contributed by atoms with E-state index in [-0.39, 0.29) is 18.1 Å². The molecule has 1 N–H and O–H groups in total. The van der Waals surface area contributed by atoms with E-state index in [9.17, 15) is 4.79 Å². The largest absolute Gasteiger partial charge is 0.493 e. The van der Waals surface area contributed by atoms with Crippen LogP contribution < -0.4 is 25.2 Å². The monoisotopic (exact) mass is 429 g/mol. The summed E-state index contributed by atoms with van der Waals surface area (Å²) in [6.07, 6.45) is 0.726. The lowest BCUT2D eigenvalue weighted by atomic mass is 9.97. The maximum Gasteiger partial charge on any atom is 0.350 e. The molecule has 1 aliphatic rings. The summed E-state index contributed by atoms with van der Waals surface area (Å²) in [5.41, 5.74) is 3.31. The summed E-state index contributed by atoms with van der Waals surface area (Å²) >= 11 is 0. The molecule has 2 heterocycles. The van der Waals surface area contributed by atoms with Crippen LogP contribution in [0.3, 0.4) is 0 Å².